The van der Waals surface area contributed by atoms with Gasteiger partial charge < -0.3 is 5.32 Å². The highest BCUT2D eigenvalue weighted by Crippen LogP contribution is 2.38. The van der Waals surface area contributed by atoms with Gasteiger partial charge in [-0.05, 0) is 56.8 Å². The summed E-state index contributed by atoms with van der Waals surface area (Å²) in [6, 6.07) is 4.24. The van der Waals surface area contributed by atoms with Crippen molar-refractivity contribution in [2.45, 2.75) is 43.2 Å². The summed E-state index contributed by atoms with van der Waals surface area (Å²) in [5.41, 5.74) is 0.390. The Morgan fingerprint density at radius 1 is 1.29 bits per heavy atom. The SMILES string of the molecule is CNCc1cc(S(=O)(=O)N(CC2CC2)C2CC2)ccc1F. The first-order valence-electron chi connectivity index (χ1n) is 7.47. The van der Waals surface area contributed by atoms with Gasteiger partial charge in [-0.3, -0.25) is 0 Å². The molecule has 4 nitrogen and oxygen atoms in total. The summed E-state index contributed by atoms with van der Waals surface area (Å²) in [7, 11) is -1.80. The number of rotatable bonds is 7. The van der Waals surface area contributed by atoms with E-state index in [1.54, 1.807) is 11.4 Å². The maximum Gasteiger partial charge on any atom is 0.243 e. The van der Waals surface area contributed by atoms with E-state index < -0.39 is 10.0 Å². The molecule has 0 aliphatic heterocycles. The van der Waals surface area contributed by atoms with Crippen molar-refractivity contribution in [2.75, 3.05) is 13.6 Å². The molecule has 0 amide bonds. The Morgan fingerprint density at radius 3 is 2.57 bits per heavy atom. The summed E-state index contributed by atoms with van der Waals surface area (Å²) >= 11 is 0. The smallest absolute Gasteiger partial charge is 0.243 e. The molecule has 1 N–H and O–H groups in total. The Hall–Kier alpha value is -0.980. The molecule has 0 spiro atoms. The van der Waals surface area contributed by atoms with Crippen LogP contribution >= 0.6 is 0 Å². The number of halogens is 1. The van der Waals surface area contributed by atoms with E-state index in [0.29, 0.717) is 24.6 Å². The molecule has 0 aromatic heterocycles. The summed E-state index contributed by atoms with van der Waals surface area (Å²) < 4.78 is 41.0. The summed E-state index contributed by atoms with van der Waals surface area (Å²) in [6.07, 6.45) is 4.12. The zero-order valence-electron chi connectivity index (χ0n) is 12.2. The van der Waals surface area contributed by atoms with Gasteiger partial charge in [-0.2, -0.15) is 4.31 Å². The molecule has 2 fully saturated rings. The minimum absolute atomic E-state index is 0.147. The molecule has 116 valence electrons. The van der Waals surface area contributed by atoms with E-state index >= 15 is 0 Å². The van der Waals surface area contributed by atoms with Gasteiger partial charge in [0.2, 0.25) is 10.0 Å². The molecular formula is C15H21FN2O2S. The van der Waals surface area contributed by atoms with E-state index in [1.165, 1.54) is 18.2 Å². The summed E-state index contributed by atoms with van der Waals surface area (Å²) in [5.74, 6) is 0.140. The van der Waals surface area contributed by atoms with Gasteiger partial charge in [0.15, 0.2) is 0 Å². The number of nitrogens with zero attached hydrogens (tertiary/aromatic N) is 1. The quantitative estimate of drug-likeness (QED) is 0.839. The molecule has 0 atom stereocenters. The van der Waals surface area contributed by atoms with Gasteiger partial charge in [0, 0.05) is 24.7 Å². The van der Waals surface area contributed by atoms with Crippen LogP contribution in [0.1, 0.15) is 31.2 Å². The van der Waals surface area contributed by atoms with Gasteiger partial charge >= 0.3 is 0 Å². The van der Waals surface area contributed by atoms with Crippen molar-refractivity contribution in [3.8, 4) is 0 Å². The molecule has 0 bridgehead atoms. The van der Waals surface area contributed by atoms with E-state index in [9.17, 15) is 12.8 Å². The molecule has 2 aliphatic carbocycles. The predicted octanol–water partition coefficient (Wildman–Crippen LogP) is 2.11. The predicted molar refractivity (Wildman–Crippen MR) is 78.8 cm³/mol. The summed E-state index contributed by atoms with van der Waals surface area (Å²) in [6.45, 7) is 0.937. The Balaban J connectivity index is 1.90. The van der Waals surface area contributed by atoms with Crippen molar-refractivity contribution in [1.82, 2.24) is 9.62 Å². The lowest BCUT2D eigenvalue weighted by atomic mass is 10.2. The van der Waals surface area contributed by atoms with Crippen LogP contribution in [0.25, 0.3) is 0 Å². The average molecular weight is 312 g/mol. The van der Waals surface area contributed by atoms with Crippen LogP contribution in [0.3, 0.4) is 0 Å². The van der Waals surface area contributed by atoms with Crippen LogP contribution in [-0.2, 0) is 16.6 Å². The van der Waals surface area contributed by atoms with Crippen LogP contribution in [0.5, 0.6) is 0 Å². The third kappa shape index (κ3) is 3.27. The lowest BCUT2D eigenvalue weighted by Gasteiger charge is -2.22. The van der Waals surface area contributed by atoms with E-state index in [1.807, 2.05) is 0 Å². The van der Waals surface area contributed by atoms with E-state index in [4.69, 9.17) is 0 Å². The lowest BCUT2D eigenvalue weighted by Crippen LogP contribution is -2.35. The van der Waals surface area contributed by atoms with Crippen molar-refractivity contribution < 1.29 is 12.8 Å². The van der Waals surface area contributed by atoms with E-state index in [0.717, 1.165) is 25.7 Å². The fourth-order valence-corrected chi connectivity index (χ4v) is 4.35. The Labute approximate surface area is 125 Å². The second-order valence-corrected chi connectivity index (χ2v) is 7.92. The molecule has 1 aromatic rings. The molecule has 0 saturated heterocycles. The topological polar surface area (TPSA) is 49.4 Å². The molecular weight excluding hydrogens is 291 g/mol. The normalized spacial score (nSPS) is 19.2. The first-order chi connectivity index (χ1) is 10.0. The van der Waals surface area contributed by atoms with Gasteiger partial charge in [-0.25, -0.2) is 12.8 Å². The Kier molecular flexibility index (Phi) is 4.03. The largest absolute Gasteiger partial charge is 0.316 e. The van der Waals surface area contributed by atoms with Crippen molar-refractivity contribution in [2.24, 2.45) is 5.92 Å². The minimum Gasteiger partial charge on any atom is -0.316 e. The fourth-order valence-electron chi connectivity index (χ4n) is 2.53. The zero-order valence-corrected chi connectivity index (χ0v) is 13.0. The van der Waals surface area contributed by atoms with Crippen molar-refractivity contribution in [1.29, 1.82) is 0 Å². The fraction of sp³-hybridized carbons (Fsp3) is 0.600. The standard InChI is InChI=1S/C15H21FN2O2S/c1-17-9-12-8-14(6-7-15(12)16)21(19,20)18(13-4-5-13)10-11-2-3-11/h6-8,11,13,17H,2-5,9-10H2,1H3. The van der Waals surface area contributed by atoms with E-state index in [-0.39, 0.29) is 16.8 Å². The molecule has 3 rings (SSSR count). The van der Waals surface area contributed by atoms with Crippen LogP contribution in [0.2, 0.25) is 0 Å². The van der Waals surface area contributed by atoms with Crippen molar-refractivity contribution in [3.63, 3.8) is 0 Å². The van der Waals surface area contributed by atoms with Gasteiger partial charge in [0.25, 0.3) is 0 Å². The zero-order chi connectivity index (χ0) is 15.0. The van der Waals surface area contributed by atoms with Crippen LogP contribution in [0.15, 0.2) is 23.1 Å². The molecule has 0 unspecified atom stereocenters. The van der Waals surface area contributed by atoms with Crippen molar-refractivity contribution in [3.05, 3.63) is 29.6 Å². The van der Waals surface area contributed by atoms with Crippen LogP contribution in [-0.4, -0.2) is 32.4 Å². The molecule has 0 radical (unpaired) electrons. The highest BCUT2D eigenvalue weighted by molar-refractivity contribution is 7.89. The van der Waals surface area contributed by atoms with Gasteiger partial charge in [0.1, 0.15) is 5.82 Å². The number of sulfonamides is 1. The van der Waals surface area contributed by atoms with Crippen LogP contribution < -0.4 is 5.32 Å². The highest BCUT2D eigenvalue weighted by atomic mass is 32.2. The van der Waals surface area contributed by atoms with Crippen LogP contribution in [0, 0.1) is 11.7 Å². The Morgan fingerprint density at radius 2 is 2.00 bits per heavy atom. The lowest BCUT2D eigenvalue weighted by molar-refractivity contribution is 0.388. The molecule has 1 aromatic carbocycles. The number of nitrogens with one attached hydrogen (secondary N) is 1. The molecule has 0 heterocycles. The monoisotopic (exact) mass is 312 g/mol. The maximum atomic E-state index is 13.7. The summed E-state index contributed by atoms with van der Waals surface area (Å²) in [5, 5.41) is 2.86. The Bertz CT molecular complexity index is 625. The molecule has 2 saturated carbocycles. The van der Waals surface area contributed by atoms with Crippen LogP contribution in [0.4, 0.5) is 4.39 Å². The second-order valence-electron chi connectivity index (χ2n) is 6.03. The molecule has 21 heavy (non-hydrogen) atoms. The number of hydrogen-bond donors (Lipinski definition) is 1. The molecule has 6 heteroatoms. The van der Waals surface area contributed by atoms with Gasteiger partial charge in [-0.1, -0.05) is 0 Å². The second kappa shape index (κ2) is 5.66. The highest BCUT2D eigenvalue weighted by Gasteiger charge is 2.41. The van der Waals surface area contributed by atoms with Gasteiger partial charge in [0.05, 0.1) is 4.90 Å². The third-order valence-electron chi connectivity index (χ3n) is 4.08. The first-order valence-corrected chi connectivity index (χ1v) is 8.91. The van der Waals surface area contributed by atoms with Gasteiger partial charge in [-0.15, -0.1) is 0 Å². The maximum absolute atomic E-state index is 13.7. The average Bonchev–Trinajstić information content (AvgIpc) is 3.32. The third-order valence-corrected chi connectivity index (χ3v) is 5.99. The number of hydrogen-bond acceptors (Lipinski definition) is 3. The minimum atomic E-state index is -3.51. The first kappa shape index (κ1) is 14.9. The molecule has 2 aliphatic rings. The van der Waals surface area contributed by atoms with Crippen molar-refractivity contribution >= 4 is 10.0 Å². The number of benzene rings is 1. The van der Waals surface area contributed by atoms with E-state index in [2.05, 4.69) is 5.32 Å². The summed E-state index contributed by atoms with van der Waals surface area (Å²) in [4.78, 5) is 0.210.